The van der Waals surface area contributed by atoms with E-state index in [1.165, 1.54) is 4.90 Å². The van der Waals surface area contributed by atoms with Crippen molar-refractivity contribution in [2.24, 2.45) is 5.92 Å². The van der Waals surface area contributed by atoms with Crippen molar-refractivity contribution in [2.75, 3.05) is 19.6 Å². The van der Waals surface area contributed by atoms with E-state index in [0.29, 0.717) is 34.2 Å². The number of hydrogen-bond donors (Lipinski definition) is 1. The molecular formula is C25H26N4O3S2. The molecule has 0 amide bonds. The molecule has 5 rings (SSSR count). The van der Waals surface area contributed by atoms with Crippen molar-refractivity contribution in [2.45, 2.75) is 31.7 Å². The van der Waals surface area contributed by atoms with Crippen LogP contribution in [0.4, 0.5) is 0 Å². The minimum atomic E-state index is -0.197. The van der Waals surface area contributed by atoms with E-state index in [0.717, 1.165) is 28.9 Å². The van der Waals surface area contributed by atoms with Crippen LogP contribution in [-0.4, -0.2) is 39.7 Å². The van der Waals surface area contributed by atoms with Gasteiger partial charge in [-0.1, -0.05) is 31.1 Å². The molecule has 1 aromatic heterocycles. The second-order valence-corrected chi connectivity index (χ2v) is 9.92. The van der Waals surface area contributed by atoms with Crippen LogP contribution >= 0.6 is 24.0 Å². The van der Waals surface area contributed by atoms with Gasteiger partial charge in [0.15, 0.2) is 16.6 Å². The van der Waals surface area contributed by atoms with Crippen LogP contribution in [0.15, 0.2) is 57.6 Å². The number of nitrogens with zero attached hydrogens (tertiary/aromatic N) is 3. The topological polar surface area (TPSA) is 72.7 Å². The van der Waals surface area contributed by atoms with Crippen molar-refractivity contribution < 1.29 is 14.0 Å². The summed E-state index contributed by atoms with van der Waals surface area (Å²) in [5, 5.41) is 8.50. The third kappa shape index (κ3) is 4.25. The van der Waals surface area contributed by atoms with E-state index in [4.69, 9.17) is 31.2 Å². The maximum atomic E-state index is 5.83. The molecule has 3 aromatic rings. The monoisotopic (exact) mass is 494 g/mol. The van der Waals surface area contributed by atoms with Crippen molar-refractivity contribution in [1.82, 2.24) is 20.4 Å². The summed E-state index contributed by atoms with van der Waals surface area (Å²) in [6.45, 7) is 7.43. The Balaban J connectivity index is 1.57. The first-order chi connectivity index (χ1) is 16.4. The lowest BCUT2D eigenvalue weighted by molar-refractivity contribution is 0.174. The van der Waals surface area contributed by atoms with Gasteiger partial charge >= 0.3 is 0 Å². The Morgan fingerprint density at radius 2 is 1.91 bits per heavy atom. The quantitative estimate of drug-likeness (QED) is 0.353. The Bertz CT molecular complexity index is 1250. The summed E-state index contributed by atoms with van der Waals surface area (Å²) in [6, 6.07) is 13.9. The fraction of sp³-hybridized carbons (Fsp3) is 0.320. The van der Waals surface area contributed by atoms with Gasteiger partial charge in [-0.3, -0.25) is 0 Å². The molecule has 3 heterocycles. The molecular weight excluding hydrogens is 468 g/mol. The Labute approximate surface area is 208 Å². The molecule has 176 valence electrons. The highest BCUT2D eigenvalue weighted by Crippen LogP contribution is 2.39. The van der Waals surface area contributed by atoms with Gasteiger partial charge in [0, 0.05) is 22.7 Å². The van der Waals surface area contributed by atoms with Crippen LogP contribution in [0.2, 0.25) is 0 Å². The standard InChI is InChI=1S/C25H26N4O3S2/c1-14(2)12-29-15(3)21(22(26-25(29)33)16-5-8-18(34-4)9-6-16)24-27-23(28-32-24)17-7-10-19-20(11-17)31-13-30-19/h5-11,14,22H,12-13H2,1-4H3,(H,26,33). The van der Waals surface area contributed by atoms with Gasteiger partial charge in [-0.2, -0.15) is 4.98 Å². The summed E-state index contributed by atoms with van der Waals surface area (Å²) in [5.41, 5.74) is 3.82. The Morgan fingerprint density at radius 3 is 2.65 bits per heavy atom. The van der Waals surface area contributed by atoms with Gasteiger partial charge in [0.1, 0.15) is 0 Å². The number of thioether (sulfide) groups is 1. The number of benzene rings is 2. The third-order valence-corrected chi connectivity index (χ3v) is 6.96. The minimum Gasteiger partial charge on any atom is -0.454 e. The lowest BCUT2D eigenvalue weighted by Crippen LogP contribution is -2.47. The van der Waals surface area contributed by atoms with Crippen molar-refractivity contribution in [3.8, 4) is 22.9 Å². The molecule has 1 unspecified atom stereocenters. The molecule has 1 N–H and O–H groups in total. The molecule has 0 fully saturated rings. The van der Waals surface area contributed by atoms with Gasteiger partial charge in [-0.05, 0) is 67.2 Å². The van der Waals surface area contributed by atoms with Crippen LogP contribution in [0.1, 0.15) is 38.3 Å². The fourth-order valence-corrected chi connectivity index (χ4v) is 4.91. The number of nitrogens with one attached hydrogen (secondary N) is 1. The predicted molar refractivity (Wildman–Crippen MR) is 137 cm³/mol. The second kappa shape index (κ2) is 9.31. The Kier molecular flexibility index (Phi) is 6.22. The number of aromatic nitrogens is 2. The van der Waals surface area contributed by atoms with E-state index in [9.17, 15) is 0 Å². The number of rotatable bonds is 6. The van der Waals surface area contributed by atoms with E-state index in [1.807, 2.05) is 18.2 Å². The summed E-state index contributed by atoms with van der Waals surface area (Å²) in [7, 11) is 0. The Morgan fingerprint density at radius 1 is 1.15 bits per heavy atom. The molecule has 0 aliphatic carbocycles. The highest BCUT2D eigenvalue weighted by atomic mass is 32.2. The summed E-state index contributed by atoms with van der Waals surface area (Å²) >= 11 is 7.48. The van der Waals surface area contributed by atoms with Crippen molar-refractivity contribution in [1.29, 1.82) is 0 Å². The molecule has 0 saturated heterocycles. The minimum absolute atomic E-state index is 0.197. The molecule has 9 heteroatoms. The van der Waals surface area contributed by atoms with Gasteiger partial charge in [0.2, 0.25) is 12.6 Å². The number of ether oxygens (including phenoxy) is 2. The van der Waals surface area contributed by atoms with Gasteiger partial charge in [0.05, 0.1) is 11.6 Å². The first kappa shape index (κ1) is 22.7. The van der Waals surface area contributed by atoms with E-state index in [1.54, 1.807) is 11.8 Å². The largest absolute Gasteiger partial charge is 0.454 e. The Hall–Kier alpha value is -3.04. The maximum Gasteiger partial charge on any atom is 0.258 e. The van der Waals surface area contributed by atoms with Crippen molar-refractivity contribution in [3.63, 3.8) is 0 Å². The van der Waals surface area contributed by atoms with Crippen molar-refractivity contribution >= 4 is 34.7 Å². The summed E-state index contributed by atoms with van der Waals surface area (Å²) in [6.07, 6.45) is 2.07. The zero-order valence-electron chi connectivity index (χ0n) is 19.5. The predicted octanol–water partition coefficient (Wildman–Crippen LogP) is 5.51. The van der Waals surface area contributed by atoms with Gasteiger partial charge < -0.3 is 24.2 Å². The molecule has 7 nitrogen and oxygen atoms in total. The SMILES string of the molecule is CSc1ccc(C2NC(=S)N(CC(C)C)C(C)=C2c2nc(-c3ccc4c(c3)OCO4)no2)cc1. The van der Waals surface area contributed by atoms with Crippen LogP contribution in [0.5, 0.6) is 11.5 Å². The molecule has 34 heavy (non-hydrogen) atoms. The normalized spacial score (nSPS) is 17.5. The zero-order chi connectivity index (χ0) is 23.8. The summed E-state index contributed by atoms with van der Waals surface area (Å²) < 4.78 is 16.8. The van der Waals surface area contributed by atoms with E-state index in [-0.39, 0.29) is 12.8 Å². The highest BCUT2D eigenvalue weighted by molar-refractivity contribution is 7.98. The van der Waals surface area contributed by atoms with Gasteiger partial charge in [-0.15, -0.1) is 11.8 Å². The average molecular weight is 495 g/mol. The lowest BCUT2D eigenvalue weighted by Gasteiger charge is -2.38. The van der Waals surface area contributed by atoms with Gasteiger partial charge in [0.25, 0.3) is 5.89 Å². The summed E-state index contributed by atoms with van der Waals surface area (Å²) in [5.74, 6) is 2.79. The number of allylic oxidation sites excluding steroid dienone is 1. The van der Waals surface area contributed by atoms with Crippen LogP contribution in [0, 0.1) is 5.92 Å². The van der Waals surface area contributed by atoms with Crippen LogP contribution in [0.25, 0.3) is 17.0 Å². The van der Waals surface area contributed by atoms with E-state index >= 15 is 0 Å². The van der Waals surface area contributed by atoms with Crippen molar-refractivity contribution in [3.05, 3.63) is 59.6 Å². The molecule has 2 aliphatic heterocycles. The molecule has 0 saturated carbocycles. The molecule has 0 bridgehead atoms. The average Bonchev–Trinajstić information content (AvgIpc) is 3.50. The first-order valence-corrected chi connectivity index (χ1v) is 12.7. The molecule has 2 aliphatic rings. The first-order valence-electron chi connectivity index (χ1n) is 11.1. The third-order valence-electron chi connectivity index (χ3n) is 5.88. The fourth-order valence-electron chi connectivity index (χ4n) is 4.18. The summed E-state index contributed by atoms with van der Waals surface area (Å²) in [4.78, 5) is 8.10. The lowest BCUT2D eigenvalue weighted by atomic mass is 9.94. The molecule has 0 spiro atoms. The zero-order valence-corrected chi connectivity index (χ0v) is 21.1. The van der Waals surface area contributed by atoms with E-state index in [2.05, 4.69) is 66.7 Å². The maximum absolute atomic E-state index is 5.83. The van der Waals surface area contributed by atoms with Gasteiger partial charge in [-0.25, -0.2) is 0 Å². The van der Waals surface area contributed by atoms with Crippen LogP contribution in [-0.2, 0) is 0 Å². The smallest absolute Gasteiger partial charge is 0.258 e. The number of thiocarbonyl (C=S) groups is 1. The molecule has 2 aromatic carbocycles. The van der Waals surface area contributed by atoms with E-state index < -0.39 is 0 Å². The second-order valence-electron chi connectivity index (χ2n) is 8.65. The molecule has 1 atom stereocenters. The number of fused-ring (bicyclic) bond motifs is 1. The molecule has 0 radical (unpaired) electrons. The van der Waals surface area contributed by atoms with Crippen LogP contribution < -0.4 is 14.8 Å². The number of hydrogen-bond acceptors (Lipinski definition) is 7. The van der Waals surface area contributed by atoms with Crippen LogP contribution in [0.3, 0.4) is 0 Å². The highest BCUT2D eigenvalue weighted by Gasteiger charge is 2.34.